The Balaban J connectivity index is 3.82. The van der Waals surface area contributed by atoms with Gasteiger partial charge in [0.15, 0.2) is 5.60 Å². The van der Waals surface area contributed by atoms with Crippen LogP contribution in [0, 0.1) is 0 Å². The minimum absolute atomic E-state index is 0.213. The van der Waals surface area contributed by atoms with Gasteiger partial charge in [-0.05, 0) is 13.2 Å². The maximum atomic E-state index is 11.1. The second-order valence-corrected chi connectivity index (χ2v) is 4.72. The van der Waals surface area contributed by atoms with E-state index in [1.807, 2.05) is 6.26 Å². The van der Waals surface area contributed by atoms with Crippen LogP contribution >= 0.6 is 11.8 Å². The number of esters is 1. The Morgan fingerprint density at radius 2 is 2.29 bits per heavy atom. The van der Waals surface area contributed by atoms with Crippen molar-refractivity contribution in [3.63, 3.8) is 0 Å². The summed E-state index contributed by atoms with van der Waals surface area (Å²) >= 11 is 1.73. The fourth-order valence-corrected chi connectivity index (χ4v) is 1.18. The highest BCUT2D eigenvalue weighted by molar-refractivity contribution is 7.99. The van der Waals surface area contributed by atoms with Crippen molar-refractivity contribution in [2.75, 3.05) is 26.5 Å². The van der Waals surface area contributed by atoms with Gasteiger partial charge in [-0.2, -0.15) is 11.8 Å². The number of ether oxygens (including phenoxy) is 1. The molecule has 4 nitrogen and oxygen atoms in total. The summed E-state index contributed by atoms with van der Waals surface area (Å²) in [5.74, 6) is -0.609. The molecule has 2 unspecified atom stereocenters. The average molecular weight is 221 g/mol. The molecule has 0 amide bonds. The van der Waals surface area contributed by atoms with Crippen LogP contribution in [0.2, 0.25) is 0 Å². The quantitative estimate of drug-likeness (QED) is 0.630. The number of rotatable bonds is 6. The van der Waals surface area contributed by atoms with Crippen molar-refractivity contribution in [3.8, 4) is 0 Å². The molecule has 5 heteroatoms. The van der Waals surface area contributed by atoms with Crippen LogP contribution in [0.5, 0.6) is 0 Å². The van der Waals surface area contributed by atoms with Crippen LogP contribution < -0.4 is 5.32 Å². The number of hydrogen-bond acceptors (Lipinski definition) is 5. The maximum absolute atomic E-state index is 11.1. The molecule has 0 fully saturated rings. The van der Waals surface area contributed by atoms with Gasteiger partial charge in [0.25, 0.3) is 0 Å². The first-order valence-electron chi connectivity index (χ1n) is 4.48. The Labute approximate surface area is 89.4 Å². The second-order valence-electron chi connectivity index (χ2n) is 3.44. The van der Waals surface area contributed by atoms with Crippen LogP contribution in [0.1, 0.15) is 13.8 Å². The summed E-state index contributed by atoms with van der Waals surface area (Å²) in [6.45, 7) is 4.49. The molecule has 0 radical (unpaired) electrons. The van der Waals surface area contributed by atoms with E-state index in [1.165, 1.54) is 14.0 Å². The third-order valence-corrected chi connectivity index (χ3v) is 2.90. The lowest BCUT2D eigenvalue weighted by Gasteiger charge is -2.21. The first-order chi connectivity index (χ1) is 6.44. The number of carbonyl (C=O) groups excluding carboxylic acids is 1. The van der Waals surface area contributed by atoms with Crippen LogP contribution in [0.3, 0.4) is 0 Å². The van der Waals surface area contributed by atoms with E-state index in [2.05, 4.69) is 17.0 Å². The standard InChI is InChI=1S/C9H19NO3S/c1-7(14-4)5-10-6-9(2,12)8(11)13-3/h7,10,12H,5-6H2,1-4H3. The van der Waals surface area contributed by atoms with Gasteiger partial charge in [-0.15, -0.1) is 0 Å². The number of thioether (sulfide) groups is 1. The van der Waals surface area contributed by atoms with Gasteiger partial charge in [0, 0.05) is 18.3 Å². The topological polar surface area (TPSA) is 58.6 Å². The zero-order valence-electron chi connectivity index (χ0n) is 9.16. The zero-order valence-corrected chi connectivity index (χ0v) is 9.98. The molecule has 0 aromatic carbocycles. The monoisotopic (exact) mass is 221 g/mol. The predicted molar refractivity (Wildman–Crippen MR) is 58.5 cm³/mol. The molecule has 0 aliphatic carbocycles. The fraction of sp³-hybridized carbons (Fsp3) is 0.889. The van der Waals surface area contributed by atoms with Gasteiger partial charge in [-0.1, -0.05) is 6.92 Å². The molecule has 0 spiro atoms. The summed E-state index contributed by atoms with van der Waals surface area (Å²) in [4.78, 5) is 11.1. The Morgan fingerprint density at radius 1 is 1.71 bits per heavy atom. The molecule has 0 aromatic rings. The molecule has 2 N–H and O–H groups in total. The highest BCUT2D eigenvalue weighted by Gasteiger charge is 2.30. The molecule has 0 aliphatic rings. The average Bonchev–Trinajstić information content (AvgIpc) is 2.15. The molecule has 0 saturated heterocycles. The lowest BCUT2D eigenvalue weighted by molar-refractivity contribution is -0.159. The maximum Gasteiger partial charge on any atom is 0.338 e. The summed E-state index contributed by atoms with van der Waals surface area (Å²) in [7, 11) is 1.27. The summed E-state index contributed by atoms with van der Waals surface area (Å²) in [6, 6.07) is 0. The lowest BCUT2D eigenvalue weighted by atomic mass is 10.1. The van der Waals surface area contributed by atoms with Crippen molar-refractivity contribution in [2.45, 2.75) is 24.7 Å². The van der Waals surface area contributed by atoms with Gasteiger partial charge in [0.05, 0.1) is 7.11 Å². The van der Waals surface area contributed by atoms with Crippen LogP contribution in [0.15, 0.2) is 0 Å². The molecule has 84 valence electrons. The van der Waals surface area contributed by atoms with Gasteiger partial charge in [0.1, 0.15) is 0 Å². The Bertz CT molecular complexity index is 185. The molecular weight excluding hydrogens is 202 g/mol. The highest BCUT2D eigenvalue weighted by atomic mass is 32.2. The molecule has 0 bridgehead atoms. The zero-order chi connectivity index (χ0) is 11.2. The smallest absolute Gasteiger partial charge is 0.338 e. The number of aliphatic hydroxyl groups is 1. The van der Waals surface area contributed by atoms with E-state index in [-0.39, 0.29) is 6.54 Å². The fourth-order valence-electron chi connectivity index (χ4n) is 0.894. The summed E-state index contributed by atoms with van der Waals surface area (Å²) in [5, 5.41) is 13.1. The number of methoxy groups -OCH3 is 1. The van der Waals surface area contributed by atoms with Gasteiger partial charge in [-0.3, -0.25) is 0 Å². The molecule has 0 saturated carbocycles. The molecular formula is C9H19NO3S. The van der Waals surface area contributed by atoms with E-state index in [9.17, 15) is 9.90 Å². The van der Waals surface area contributed by atoms with Crippen LogP contribution in [0.4, 0.5) is 0 Å². The van der Waals surface area contributed by atoms with E-state index in [4.69, 9.17) is 0 Å². The van der Waals surface area contributed by atoms with E-state index >= 15 is 0 Å². The number of hydrogen-bond donors (Lipinski definition) is 2. The van der Waals surface area contributed by atoms with Crippen molar-refractivity contribution < 1.29 is 14.6 Å². The van der Waals surface area contributed by atoms with Crippen LogP contribution in [0.25, 0.3) is 0 Å². The third kappa shape index (κ3) is 4.83. The summed E-state index contributed by atoms with van der Waals surface area (Å²) in [5.41, 5.74) is -1.44. The van der Waals surface area contributed by atoms with Gasteiger partial charge in [0.2, 0.25) is 0 Å². The SMILES string of the molecule is COC(=O)C(C)(O)CNCC(C)SC. The molecule has 2 atom stereocenters. The first kappa shape index (κ1) is 13.7. The van der Waals surface area contributed by atoms with Crippen molar-refractivity contribution in [3.05, 3.63) is 0 Å². The van der Waals surface area contributed by atoms with E-state index in [0.717, 1.165) is 6.54 Å². The minimum Gasteiger partial charge on any atom is -0.467 e. The van der Waals surface area contributed by atoms with Crippen molar-refractivity contribution >= 4 is 17.7 Å². The molecule has 0 heterocycles. The molecule has 0 aromatic heterocycles. The molecule has 0 rings (SSSR count). The van der Waals surface area contributed by atoms with Gasteiger partial charge >= 0.3 is 5.97 Å². The van der Waals surface area contributed by atoms with Crippen molar-refractivity contribution in [1.82, 2.24) is 5.32 Å². The van der Waals surface area contributed by atoms with E-state index in [0.29, 0.717) is 5.25 Å². The van der Waals surface area contributed by atoms with Crippen LogP contribution in [-0.4, -0.2) is 48.4 Å². The van der Waals surface area contributed by atoms with E-state index < -0.39 is 11.6 Å². The molecule has 0 aliphatic heterocycles. The van der Waals surface area contributed by atoms with Crippen LogP contribution in [-0.2, 0) is 9.53 Å². The third-order valence-electron chi connectivity index (χ3n) is 1.93. The van der Waals surface area contributed by atoms with Gasteiger partial charge in [-0.25, -0.2) is 4.79 Å². The lowest BCUT2D eigenvalue weighted by Crippen LogP contribution is -2.46. The highest BCUT2D eigenvalue weighted by Crippen LogP contribution is 2.06. The first-order valence-corrected chi connectivity index (χ1v) is 5.77. The van der Waals surface area contributed by atoms with E-state index in [1.54, 1.807) is 11.8 Å². The van der Waals surface area contributed by atoms with Crippen molar-refractivity contribution in [1.29, 1.82) is 0 Å². The Kier molecular flexibility index (Phi) is 6.15. The normalized spacial score (nSPS) is 17.2. The Hall–Kier alpha value is -0.260. The summed E-state index contributed by atoms with van der Waals surface area (Å²) in [6.07, 6.45) is 2.02. The number of carbonyl (C=O) groups is 1. The van der Waals surface area contributed by atoms with Crippen molar-refractivity contribution in [2.24, 2.45) is 0 Å². The Morgan fingerprint density at radius 3 is 2.71 bits per heavy atom. The second kappa shape index (κ2) is 6.27. The minimum atomic E-state index is -1.44. The number of nitrogens with one attached hydrogen (secondary N) is 1. The summed E-state index contributed by atoms with van der Waals surface area (Å²) < 4.78 is 4.46. The predicted octanol–water partition coefficient (Wildman–Crippen LogP) is 0.251. The molecule has 14 heavy (non-hydrogen) atoms. The van der Waals surface area contributed by atoms with Gasteiger partial charge < -0.3 is 15.2 Å². The largest absolute Gasteiger partial charge is 0.467 e.